The first-order chi connectivity index (χ1) is 15.9. The van der Waals surface area contributed by atoms with Crippen LogP contribution in [0.25, 0.3) is 11.2 Å². The molecular weight excluding hydrogens is 457 g/mol. The van der Waals surface area contributed by atoms with E-state index in [0.29, 0.717) is 28.0 Å². The molecular formula is C25H25Cl2N5O. The number of hydrogen-bond acceptors (Lipinski definition) is 3. The number of urea groups is 1. The lowest BCUT2D eigenvalue weighted by Gasteiger charge is -2.11. The third-order valence-corrected chi connectivity index (χ3v) is 5.88. The summed E-state index contributed by atoms with van der Waals surface area (Å²) in [6.45, 7) is 4.73. The molecule has 0 saturated carbocycles. The van der Waals surface area contributed by atoms with Gasteiger partial charge in [0.05, 0.1) is 18.4 Å². The summed E-state index contributed by atoms with van der Waals surface area (Å²) in [4.78, 5) is 22.1. The van der Waals surface area contributed by atoms with Crippen molar-refractivity contribution in [2.24, 2.45) is 0 Å². The van der Waals surface area contributed by atoms with Crippen LogP contribution in [-0.2, 0) is 13.0 Å². The third-order valence-electron chi connectivity index (χ3n) is 5.41. The number of anilines is 2. The quantitative estimate of drug-likeness (QED) is 0.296. The van der Waals surface area contributed by atoms with Crippen LogP contribution in [-0.4, -0.2) is 20.6 Å². The van der Waals surface area contributed by atoms with Gasteiger partial charge in [0.25, 0.3) is 0 Å². The Kier molecular flexibility index (Phi) is 7.16. The molecule has 4 aromatic rings. The van der Waals surface area contributed by atoms with Crippen molar-refractivity contribution in [3.8, 4) is 0 Å². The Morgan fingerprint density at radius 3 is 2.55 bits per heavy atom. The zero-order chi connectivity index (χ0) is 23.4. The van der Waals surface area contributed by atoms with E-state index in [1.54, 1.807) is 30.5 Å². The number of pyridine rings is 1. The third kappa shape index (κ3) is 5.46. The van der Waals surface area contributed by atoms with Gasteiger partial charge in [-0.3, -0.25) is 0 Å². The second-order valence-electron chi connectivity index (χ2n) is 7.91. The number of benzene rings is 2. The number of amides is 2. The molecule has 33 heavy (non-hydrogen) atoms. The van der Waals surface area contributed by atoms with Crippen LogP contribution in [0, 0.1) is 6.92 Å². The summed E-state index contributed by atoms with van der Waals surface area (Å²) in [5, 5.41) is 6.92. The molecule has 0 fully saturated rings. The number of aromatic nitrogens is 3. The number of fused-ring (bicyclic) bond motifs is 1. The number of aryl methyl sites for hydroxylation is 2. The average molecular weight is 482 g/mol. The predicted octanol–water partition coefficient (Wildman–Crippen LogP) is 7.08. The second-order valence-corrected chi connectivity index (χ2v) is 8.78. The maximum Gasteiger partial charge on any atom is 0.323 e. The Balaban J connectivity index is 1.64. The van der Waals surface area contributed by atoms with E-state index in [2.05, 4.69) is 27.1 Å². The Morgan fingerprint density at radius 1 is 1.06 bits per heavy atom. The maximum absolute atomic E-state index is 12.5. The summed E-state index contributed by atoms with van der Waals surface area (Å²) in [5.74, 6) is 0.975. The molecule has 0 atom stereocenters. The van der Waals surface area contributed by atoms with Crippen LogP contribution >= 0.6 is 23.2 Å². The number of hydrogen-bond donors (Lipinski definition) is 2. The molecule has 0 spiro atoms. The van der Waals surface area contributed by atoms with Gasteiger partial charge in [0, 0.05) is 27.7 Å². The zero-order valence-electron chi connectivity index (χ0n) is 18.5. The predicted molar refractivity (Wildman–Crippen MR) is 136 cm³/mol. The van der Waals surface area contributed by atoms with Crippen LogP contribution in [0.15, 0.2) is 54.7 Å². The van der Waals surface area contributed by atoms with Crippen molar-refractivity contribution >= 4 is 51.8 Å². The minimum absolute atomic E-state index is 0.369. The fourth-order valence-electron chi connectivity index (χ4n) is 3.71. The average Bonchev–Trinajstić information content (AvgIpc) is 3.12. The number of rotatable bonds is 7. The van der Waals surface area contributed by atoms with Gasteiger partial charge in [-0.1, -0.05) is 54.7 Å². The largest absolute Gasteiger partial charge is 0.323 e. The lowest BCUT2D eigenvalue weighted by molar-refractivity contribution is 0.262. The molecule has 2 aromatic carbocycles. The number of carbonyl (C=O) groups is 1. The summed E-state index contributed by atoms with van der Waals surface area (Å²) in [6, 6.07) is 14.4. The van der Waals surface area contributed by atoms with Crippen LogP contribution < -0.4 is 10.6 Å². The highest BCUT2D eigenvalue weighted by atomic mass is 35.5. The minimum Gasteiger partial charge on any atom is -0.308 e. The molecule has 0 saturated heterocycles. The van der Waals surface area contributed by atoms with E-state index in [-0.39, 0.29) is 6.03 Å². The van der Waals surface area contributed by atoms with Crippen molar-refractivity contribution in [3.63, 3.8) is 0 Å². The number of halogens is 2. The molecule has 0 aliphatic rings. The molecule has 0 bridgehead atoms. The summed E-state index contributed by atoms with van der Waals surface area (Å²) in [7, 11) is 0. The van der Waals surface area contributed by atoms with Crippen molar-refractivity contribution < 1.29 is 4.79 Å². The highest BCUT2D eigenvalue weighted by molar-refractivity contribution is 6.31. The molecule has 0 aliphatic heterocycles. The summed E-state index contributed by atoms with van der Waals surface area (Å²) >= 11 is 12.2. The van der Waals surface area contributed by atoms with E-state index in [1.165, 1.54) is 0 Å². The van der Waals surface area contributed by atoms with Crippen LogP contribution in [0.4, 0.5) is 16.2 Å². The first-order valence-corrected chi connectivity index (χ1v) is 11.6. The summed E-state index contributed by atoms with van der Waals surface area (Å²) in [6.07, 6.45) is 4.63. The zero-order valence-corrected chi connectivity index (χ0v) is 20.0. The van der Waals surface area contributed by atoms with E-state index in [4.69, 9.17) is 28.2 Å². The van der Waals surface area contributed by atoms with Crippen molar-refractivity contribution in [2.45, 2.75) is 39.7 Å². The van der Waals surface area contributed by atoms with E-state index < -0.39 is 0 Å². The fourth-order valence-corrected chi connectivity index (χ4v) is 4.11. The number of nitrogens with one attached hydrogen (secondary N) is 2. The molecule has 0 unspecified atom stereocenters. The summed E-state index contributed by atoms with van der Waals surface area (Å²) < 4.78 is 2.14. The molecule has 2 heterocycles. The Labute approximate surface area is 203 Å². The number of unbranched alkanes of at least 4 members (excludes halogenated alkanes) is 1. The Hall–Kier alpha value is -3.09. The normalized spacial score (nSPS) is 11.0. The van der Waals surface area contributed by atoms with Crippen molar-refractivity contribution in [1.82, 2.24) is 14.5 Å². The monoisotopic (exact) mass is 481 g/mol. The van der Waals surface area contributed by atoms with Crippen LogP contribution in [0.1, 0.15) is 36.7 Å². The first-order valence-electron chi connectivity index (χ1n) is 10.9. The number of nitrogens with zero attached hydrogens (tertiary/aromatic N) is 3. The maximum atomic E-state index is 12.5. The molecule has 8 heteroatoms. The Morgan fingerprint density at radius 2 is 1.82 bits per heavy atom. The second kappa shape index (κ2) is 10.2. The standard InChI is InChI=1S/C25H25Cl2N5O/c1-3-4-11-22-31-23-16(2)21(30-25(33)29-20-10-6-9-19(27)13-20)14-28-24(23)32(22)15-17-7-5-8-18(26)12-17/h5-10,12-14H,3-4,11,15H2,1-2H3,(H2,29,30,33). The van der Waals surface area contributed by atoms with E-state index in [1.807, 2.05) is 31.2 Å². The van der Waals surface area contributed by atoms with Crippen LogP contribution in [0.3, 0.4) is 0 Å². The van der Waals surface area contributed by atoms with Gasteiger partial charge in [-0.2, -0.15) is 0 Å². The van der Waals surface area contributed by atoms with Gasteiger partial charge in [-0.25, -0.2) is 14.8 Å². The minimum atomic E-state index is -0.369. The Bertz CT molecular complexity index is 1300. The van der Waals surface area contributed by atoms with Crippen LogP contribution in [0.2, 0.25) is 10.0 Å². The van der Waals surface area contributed by atoms with Crippen molar-refractivity contribution in [3.05, 3.63) is 81.7 Å². The smallest absolute Gasteiger partial charge is 0.308 e. The molecule has 170 valence electrons. The number of carbonyl (C=O) groups excluding carboxylic acids is 1. The SMILES string of the molecule is CCCCc1nc2c(C)c(NC(=O)Nc3cccc(Cl)c3)cnc2n1Cc1cccc(Cl)c1. The fraction of sp³-hybridized carbons (Fsp3) is 0.240. The lowest BCUT2D eigenvalue weighted by atomic mass is 10.2. The highest BCUT2D eigenvalue weighted by Crippen LogP contribution is 2.26. The van der Waals surface area contributed by atoms with E-state index >= 15 is 0 Å². The van der Waals surface area contributed by atoms with Crippen molar-refractivity contribution in [1.29, 1.82) is 0 Å². The van der Waals surface area contributed by atoms with Gasteiger partial charge in [-0.05, 0) is 49.2 Å². The van der Waals surface area contributed by atoms with E-state index in [0.717, 1.165) is 47.4 Å². The van der Waals surface area contributed by atoms with Gasteiger partial charge < -0.3 is 15.2 Å². The summed E-state index contributed by atoms with van der Waals surface area (Å²) in [5.41, 5.74) is 4.74. The molecule has 6 nitrogen and oxygen atoms in total. The molecule has 4 rings (SSSR count). The first kappa shape index (κ1) is 23.1. The molecule has 2 aromatic heterocycles. The van der Waals surface area contributed by atoms with Gasteiger partial charge in [0.2, 0.25) is 0 Å². The topological polar surface area (TPSA) is 71.8 Å². The van der Waals surface area contributed by atoms with Gasteiger partial charge >= 0.3 is 6.03 Å². The number of imidazole rings is 1. The molecule has 2 N–H and O–H groups in total. The van der Waals surface area contributed by atoms with Crippen LogP contribution in [0.5, 0.6) is 0 Å². The molecule has 2 amide bonds. The van der Waals surface area contributed by atoms with E-state index in [9.17, 15) is 4.79 Å². The highest BCUT2D eigenvalue weighted by Gasteiger charge is 2.17. The van der Waals surface area contributed by atoms with Gasteiger partial charge in [0.15, 0.2) is 5.65 Å². The molecule has 0 radical (unpaired) electrons. The van der Waals surface area contributed by atoms with Gasteiger partial charge in [-0.15, -0.1) is 0 Å². The lowest BCUT2D eigenvalue weighted by Crippen LogP contribution is -2.20. The van der Waals surface area contributed by atoms with Crippen molar-refractivity contribution in [2.75, 3.05) is 10.6 Å². The molecule has 0 aliphatic carbocycles. The van der Waals surface area contributed by atoms with Gasteiger partial charge in [0.1, 0.15) is 11.3 Å².